The molecule has 0 radical (unpaired) electrons. The first kappa shape index (κ1) is 22.0. The van der Waals surface area contributed by atoms with Gasteiger partial charge in [0.2, 0.25) is 11.8 Å². The van der Waals surface area contributed by atoms with E-state index in [9.17, 15) is 22.8 Å². The molecule has 3 aromatic rings. The number of fused-ring (bicyclic) bond motifs is 1. The fourth-order valence-electron chi connectivity index (χ4n) is 2.66. The van der Waals surface area contributed by atoms with Crippen molar-refractivity contribution in [2.45, 2.75) is 19.5 Å². The number of nitrogens with zero attached hydrogens (tertiary/aromatic N) is 2. The summed E-state index contributed by atoms with van der Waals surface area (Å²) in [5.41, 5.74) is -0.0506. The van der Waals surface area contributed by atoms with Crippen molar-refractivity contribution in [1.82, 2.24) is 15.3 Å². The van der Waals surface area contributed by atoms with Crippen molar-refractivity contribution in [3.05, 3.63) is 59.8 Å². The molecule has 0 aliphatic rings. The lowest BCUT2D eigenvalue weighted by atomic mass is 10.1. The molecule has 0 aliphatic carbocycles. The van der Waals surface area contributed by atoms with Gasteiger partial charge in [-0.15, -0.1) is 0 Å². The van der Waals surface area contributed by atoms with Crippen LogP contribution in [0.2, 0.25) is 0 Å². The van der Waals surface area contributed by atoms with E-state index in [2.05, 4.69) is 20.6 Å². The summed E-state index contributed by atoms with van der Waals surface area (Å²) < 4.78 is 43.8. The molecule has 3 rings (SSSR count). The first-order chi connectivity index (χ1) is 14.8. The fourth-order valence-corrected chi connectivity index (χ4v) is 2.66. The van der Waals surface area contributed by atoms with Crippen LogP contribution in [0.5, 0.6) is 5.88 Å². The smallest absolute Gasteiger partial charge is 0.416 e. The molecule has 0 fully saturated rings. The van der Waals surface area contributed by atoms with E-state index in [-0.39, 0.29) is 36.7 Å². The molecule has 1 aromatic carbocycles. The zero-order valence-corrected chi connectivity index (χ0v) is 16.5. The van der Waals surface area contributed by atoms with Crippen molar-refractivity contribution in [2.75, 3.05) is 18.5 Å². The van der Waals surface area contributed by atoms with Crippen LogP contribution in [-0.4, -0.2) is 34.9 Å². The quantitative estimate of drug-likeness (QED) is 0.554. The van der Waals surface area contributed by atoms with E-state index >= 15 is 0 Å². The molecule has 2 N–H and O–H groups in total. The summed E-state index contributed by atoms with van der Waals surface area (Å²) in [4.78, 5) is 31.8. The van der Waals surface area contributed by atoms with Gasteiger partial charge in [-0.25, -0.2) is 9.97 Å². The first-order valence-electron chi connectivity index (χ1n) is 9.41. The zero-order chi connectivity index (χ0) is 22.4. The fraction of sp³-hybridized carbons (Fsp3) is 0.238. The molecule has 2 aromatic heterocycles. The number of anilines is 1. The number of alkyl halides is 3. The van der Waals surface area contributed by atoms with Crippen molar-refractivity contribution in [3.8, 4) is 5.88 Å². The number of aromatic nitrogens is 2. The topological polar surface area (TPSA) is 93.2 Å². The molecule has 2 amide bonds. The monoisotopic (exact) mass is 432 g/mol. The zero-order valence-electron chi connectivity index (χ0n) is 16.5. The van der Waals surface area contributed by atoms with E-state index in [0.717, 1.165) is 12.1 Å². The van der Waals surface area contributed by atoms with E-state index in [1.54, 1.807) is 6.92 Å². The van der Waals surface area contributed by atoms with Crippen LogP contribution >= 0.6 is 0 Å². The number of carbonyl (C=O) groups excluding carboxylic acids is 2. The number of pyridine rings is 2. The second-order valence-electron chi connectivity index (χ2n) is 6.49. The normalized spacial score (nSPS) is 11.2. The predicted octanol–water partition coefficient (Wildman–Crippen LogP) is 3.81. The Morgan fingerprint density at radius 1 is 1.10 bits per heavy atom. The van der Waals surface area contributed by atoms with Gasteiger partial charge in [0.1, 0.15) is 12.4 Å². The minimum absolute atomic E-state index is 0.107. The second kappa shape index (κ2) is 9.41. The van der Waals surface area contributed by atoms with Gasteiger partial charge in [0.05, 0.1) is 17.6 Å². The number of benzene rings is 1. The molecule has 0 spiro atoms. The number of ether oxygens (including phenoxy) is 1. The standard InChI is InChI=1S/C21H19F3N4O3/c1-2-18(29)28-17-12-14(7-8-25-17)20(30)26-9-10-31-19-6-3-13-11-15(21(22,23)24)4-5-16(13)27-19/h3-8,11-12H,2,9-10H2,1H3,(H,26,30)(H,25,28,29). The third-order valence-electron chi connectivity index (χ3n) is 4.24. The number of amides is 2. The Hall–Kier alpha value is -3.69. The van der Waals surface area contributed by atoms with Gasteiger partial charge >= 0.3 is 6.18 Å². The summed E-state index contributed by atoms with van der Waals surface area (Å²) in [5.74, 6) is -0.0695. The van der Waals surface area contributed by atoms with Crippen molar-refractivity contribution in [1.29, 1.82) is 0 Å². The van der Waals surface area contributed by atoms with Crippen LogP contribution in [0.25, 0.3) is 10.9 Å². The van der Waals surface area contributed by atoms with Gasteiger partial charge in [0.25, 0.3) is 5.91 Å². The highest BCUT2D eigenvalue weighted by Crippen LogP contribution is 2.31. The number of hydrogen-bond acceptors (Lipinski definition) is 5. The van der Waals surface area contributed by atoms with Crippen LogP contribution in [0.1, 0.15) is 29.3 Å². The van der Waals surface area contributed by atoms with E-state index in [1.807, 2.05) is 0 Å². The lowest BCUT2D eigenvalue weighted by Gasteiger charge is -2.10. The largest absolute Gasteiger partial charge is 0.476 e. The van der Waals surface area contributed by atoms with Gasteiger partial charge < -0.3 is 15.4 Å². The van der Waals surface area contributed by atoms with Crippen LogP contribution in [0, 0.1) is 0 Å². The maximum atomic E-state index is 12.8. The van der Waals surface area contributed by atoms with Crippen molar-refractivity contribution < 1.29 is 27.5 Å². The van der Waals surface area contributed by atoms with E-state index < -0.39 is 11.7 Å². The Labute approximate surface area is 175 Å². The van der Waals surface area contributed by atoms with E-state index in [4.69, 9.17) is 4.74 Å². The molecule has 0 unspecified atom stereocenters. The Balaban J connectivity index is 1.53. The van der Waals surface area contributed by atoms with Crippen molar-refractivity contribution >= 4 is 28.5 Å². The van der Waals surface area contributed by atoms with Gasteiger partial charge in [-0.1, -0.05) is 6.92 Å². The molecule has 0 aliphatic heterocycles. The maximum Gasteiger partial charge on any atom is 0.416 e. The number of rotatable bonds is 7. The Morgan fingerprint density at radius 2 is 1.90 bits per heavy atom. The average Bonchev–Trinajstić information content (AvgIpc) is 2.75. The summed E-state index contributed by atoms with van der Waals surface area (Å²) >= 11 is 0. The van der Waals surface area contributed by atoms with E-state index in [1.165, 1.54) is 36.5 Å². The van der Waals surface area contributed by atoms with Crippen LogP contribution in [-0.2, 0) is 11.0 Å². The van der Waals surface area contributed by atoms with Gasteiger partial charge in [0, 0.05) is 29.6 Å². The first-order valence-corrected chi connectivity index (χ1v) is 9.41. The highest BCUT2D eigenvalue weighted by Gasteiger charge is 2.30. The molecule has 0 bridgehead atoms. The molecule has 162 valence electrons. The van der Waals surface area contributed by atoms with Crippen LogP contribution in [0.15, 0.2) is 48.7 Å². The third-order valence-corrected chi connectivity index (χ3v) is 4.24. The minimum atomic E-state index is -4.42. The molecule has 0 atom stereocenters. The summed E-state index contributed by atoms with van der Waals surface area (Å²) in [6, 6.07) is 9.21. The second-order valence-corrected chi connectivity index (χ2v) is 6.49. The SMILES string of the molecule is CCC(=O)Nc1cc(C(=O)NCCOc2ccc3cc(C(F)(F)F)ccc3n2)ccn1. The molecule has 2 heterocycles. The minimum Gasteiger partial charge on any atom is -0.476 e. The molecular weight excluding hydrogens is 413 g/mol. The lowest BCUT2D eigenvalue weighted by molar-refractivity contribution is -0.137. The molecule has 31 heavy (non-hydrogen) atoms. The predicted molar refractivity (Wildman–Crippen MR) is 108 cm³/mol. The van der Waals surface area contributed by atoms with Gasteiger partial charge in [-0.05, 0) is 36.4 Å². The molecule has 0 saturated heterocycles. The Kier molecular flexibility index (Phi) is 6.68. The van der Waals surface area contributed by atoms with E-state index in [0.29, 0.717) is 22.9 Å². The number of hydrogen-bond donors (Lipinski definition) is 2. The highest BCUT2D eigenvalue weighted by molar-refractivity contribution is 5.96. The average molecular weight is 432 g/mol. The maximum absolute atomic E-state index is 12.8. The van der Waals surface area contributed by atoms with Crippen LogP contribution < -0.4 is 15.4 Å². The third kappa shape index (κ3) is 5.91. The Bertz CT molecular complexity index is 1100. The molecule has 10 heteroatoms. The highest BCUT2D eigenvalue weighted by atomic mass is 19.4. The molecular formula is C21H19F3N4O3. The van der Waals surface area contributed by atoms with Gasteiger partial charge in [0.15, 0.2) is 0 Å². The Morgan fingerprint density at radius 3 is 2.65 bits per heavy atom. The van der Waals surface area contributed by atoms with Crippen molar-refractivity contribution in [2.24, 2.45) is 0 Å². The number of carbonyl (C=O) groups is 2. The van der Waals surface area contributed by atoms with Crippen molar-refractivity contribution in [3.63, 3.8) is 0 Å². The molecule has 7 nitrogen and oxygen atoms in total. The lowest BCUT2D eigenvalue weighted by Crippen LogP contribution is -2.28. The summed E-state index contributed by atoms with van der Waals surface area (Å²) in [6.07, 6.45) is -2.71. The van der Waals surface area contributed by atoms with Gasteiger partial charge in [-0.3, -0.25) is 9.59 Å². The summed E-state index contributed by atoms with van der Waals surface area (Å²) in [7, 11) is 0. The number of halogens is 3. The summed E-state index contributed by atoms with van der Waals surface area (Å²) in [5, 5.41) is 5.59. The van der Waals surface area contributed by atoms with Crippen LogP contribution in [0.4, 0.5) is 19.0 Å². The van der Waals surface area contributed by atoms with Gasteiger partial charge in [-0.2, -0.15) is 13.2 Å². The molecule has 0 saturated carbocycles. The number of nitrogens with one attached hydrogen (secondary N) is 2. The van der Waals surface area contributed by atoms with Crippen LogP contribution in [0.3, 0.4) is 0 Å². The summed E-state index contributed by atoms with van der Waals surface area (Å²) in [6.45, 7) is 1.98.